The van der Waals surface area contributed by atoms with E-state index >= 15 is 0 Å². The first-order valence-electron chi connectivity index (χ1n) is 2.96. The highest BCUT2D eigenvalue weighted by atomic mass is 35.5. The molecule has 0 bridgehead atoms. The lowest BCUT2D eigenvalue weighted by Gasteiger charge is -1.96. The molecule has 0 saturated carbocycles. The average molecular weight is 175 g/mol. The first kappa shape index (κ1) is 10.2. The van der Waals surface area contributed by atoms with E-state index < -0.39 is 0 Å². The maximum atomic E-state index is 5.61. The maximum Gasteiger partial charge on any atom is 0.118 e. The van der Waals surface area contributed by atoms with Gasteiger partial charge in [-0.25, -0.2) is 0 Å². The van der Waals surface area contributed by atoms with Crippen molar-refractivity contribution in [1.82, 2.24) is 0 Å². The first-order valence-corrected chi connectivity index (χ1v) is 3.33. The summed E-state index contributed by atoms with van der Waals surface area (Å²) in [5.41, 5.74) is 0. The zero-order valence-electron chi connectivity index (χ0n) is 6.25. The molecular weight excluding hydrogens is 164 g/mol. The number of hydrogen-bond donors (Lipinski definition) is 2. The Kier molecular flexibility index (Phi) is 5.56. The van der Waals surface area contributed by atoms with Crippen LogP contribution in [0.5, 0.6) is 5.75 Å². The monoisotopic (exact) mass is 174 g/mol. The molecule has 4 N–H and O–H groups in total. The Morgan fingerprint density at radius 1 is 1.18 bits per heavy atom. The number of hydrazine groups is 1. The second kappa shape index (κ2) is 5.97. The van der Waals surface area contributed by atoms with E-state index in [1.54, 1.807) is 19.2 Å². The fourth-order valence-corrected chi connectivity index (χ4v) is 0.697. The van der Waals surface area contributed by atoms with Gasteiger partial charge in [-0.15, -0.1) is 0 Å². The van der Waals surface area contributed by atoms with Crippen LogP contribution in [0.25, 0.3) is 0 Å². The summed E-state index contributed by atoms with van der Waals surface area (Å²) in [4.78, 5) is 0. The molecule has 0 aliphatic carbocycles. The highest BCUT2D eigenvalue weighted by molar-refractivity contribution is 6.30. The maximum absolute atomic E-state index is 5.61. The van der Waals surface area contributed by atoms with E-state index in [1.807, 2.05) is 12.1 Å². The molecule has 11 heavy (non-hydrogen) atoms. The second-order valence-electron chi connectivity index (χ2n) is 1.66. The van der Waals surface area contributed by atoms with Crippen LogP contribution in [0, 0.1) is 0 Å². The molecule has 0 unspecified atom stereocenters. The van der Waals surface area contributed by atoms with Gasteiger partial charge in [-0.05, 0) is 24.3 Å². The molecule has 0 aliphatic rings. The predicted molar refractivity (Wildman–Crippen MR) is 46.4 cm³/mol. The topological polar surface area (TPSA) is 61.3 Å². The number of nitrogens with two attached hydrogens (primary N) is 2. The molecule has 0 radical (unpaired) electrons. The van der Waals surface area contributed by atoms with Crippen molar-refractivity contribution in [2.45, 2.75) is 0 Å². The summed E-state index contributed by atoms with van der Waals surface area (Å²) in [7, 11) is 1.63. The van der Waals surface area contributed by atoms with Crippen LogP contribution in [0.2, 0.25) is 5.02 Å². The van der Waals surface area contributed by atoms with Gasteiger partial charge < -0.3 is 4.74 Å². The number of rotatable bonds is 1. The van der Waals surface area contributed by atoms with Crippen molar-refractivity contribution >= 4 is 11.6 Å². The van der Waals surface area contributed by atoms with E-state index in [4.69, 9.17) is 16.3 Å². The highest BCUT2D eigenvalue weighted by Crippen LogP contribution is 2.14. The van der Waals surface area contributed by atoms with E-state index in [1.165, 1.54) is 0 Å². The summed E-state index contributed by atoms with van der Waals surface area (Å²) in [6.07, 6.45) is 0. The summed E-state index contributed by atoms with van der Waals surface area (Å²) in [5, 5.41) is 0.732. The third-order valence-corrected chi connectivity index (χ3v) is 1.30. The van der Waals surface area contributed by atoms with E-state index in [-0.39, 0.29) is 0 Å². The lowest BCUT2D eigenvalue weighted by molar-refractivity contribution is 0.415. The molecule has 62 valence electrons. The van der Waals surface area contributed by atoms with Crippen molar-refractivity contribution < 1.29 is 4.74 Å². The number of halogens is 1. The Hall–Kier alpha value is -0.770. The Morgan fingerprint density at radius 2 is 1.64 bits per heavy atom. The minimum Gasteiger partial charge on any atom is -0.497 e. The summed E-state index contributed by atoms with van der Waals surface area (Å²) in [6.45, 7) is 0. The summed E-state index contributed by atoms with van der Waals surface area (Å²) in [6, 6.07) is 7.23. The Labute approximate surface area is 70.9 Å². The fourth-order valence-electron chi connectivity index (χ4n) is 0.571. The minimum atomic E-state index is 0.732. The SMILES string of the molecule is COc1ccc(Cl)cc1.NN. The number of benzene rings is 1. The smallest absolute Gasteiger partial charge is 0.118 e. The van der Waals surface area contributed by atoms with Gasteiger partial charge >= 0.3 is 0 Å². The largest absolute Gasteiger partial charge is 0.497 e. The molecule has 0 fully saturated rings. The highest BCUT2D eigenvalue weighted by Gasteiger charge is 1.87. The molecule has 0 heterocycles. The van der Waals surface area contributed by atoms with Crippen LogP contribution >= 0.6 is 11.6 Å². The molecular formula is C7H11ClN2O. The minimum absolute atomic E-state index is 0.732. The average Bonchev–Trinajstić information content (AvgIpc) is 2.10. The van der Waals surface area contributed by atoms with Crippen molar-refractivity contribution in [2.24, 2.45) is 11.7 Å². The van der Waals surface area contributed by atoms with Crippen LogP contribution in [0.1, 0.15) is 0 Å². The van der Waals surface area contributed by atoms with Gasteiger partial charge in [0.1, 0.15) is 5.75 Å². The Balaban J connectivity index is 0.000000461. The molecule has 1 rings (SSSR count). The van der Waals surface area contributed by atoms with E-state index in [9.17, 15) is 0 Å². The molecule has 0 aliphatic heterocycles. The molecule has 0 saturated heterocycles. The lowest BCUT2D eigenvalue weighted by atomic mass is 10.3. The molecule has 4 heteroatoms. The summed E-state index contributed by atoms with van der Waals surface area (Å²) in [5.74, 6) is 8.83. The van der Waals surface area contributed by atoms with Crippen LogP contribution in [0.15, 0.2) is 24.3 Å². The van der Waals surface area contributed by atoms with Crippen LogP contribution < -0.4 is 16.4 Å². The van der Waals surface area contributed by atoms with Gasteiger partial charge in [0, 0.05) is 5.02 Å². The van der Waals surface area contributed by atoms with Gasteiger partial charge in [-0.1, -0.05) is 11.6 Å². The predicted octanol–water partition coefficient (Wildman–Crippen LogP) is 1.17. The molecule has 0 amide bonds. The quantitative estimate of drug-likeness (QED) is 0.496. The third kappa shape index (κ3) is 3.83. The van der Waals surface area contributed by atoms with Crippen molar-refractivity contribution in [1.29, 1.82) is 0 Å². The van der Waals surface area contributed by atoms with Crippen LogP contribution in [0.3, 0.4) is 0 Å². The summed E-state index contributed by atoms with van der Waals surface area (Å²) >= 11 is 5.61. The summed E-state index contributed by atoms with van der Waals surface area (Å²) < 4.78 is 4.91. The first-order chi connectivity index (χ1) is 5.33. The molecule has 1 aromatic carbocycles. The van der Waals surface area contributed by atoms with Gasteiger partial charge in [0.15, 0.2) is 0 Å². The van der Waals surface area contributed by atoms with Crippen LogP contribution in [0.4, 0.5) is 0 Å². The molecule has 3 nitrogen and oxygen atoms in total. The lowest BCUT2D eigenvalue weighted by Crippen LogP contribution is -2.02. The van der Waals surface area contributed by atoms with Crippen molar-refractivity contribution in [3.05, 3.63) is 29.3 Å². The van der Waals surface area contributed by atoms with Gasteiger partial charge in [0.05, 0.1) is 7.11 Å². The van der Waals surface area contributed by atoms with Crippen molar-refractivity contribution in [3.8, 4) is 5.75 Å². The standard InChI is InChI=1S/C7H7ClO.H4N2/c1-9-7-4-2-6(8)3-5-7;1-2/h2-5H,1H3;1-2H2. The third-order valence-electron chi connectivity index (χ3n) is 1.05. The molecule has 0 spiro atoms. The molecule has 0 aromatic heterocycles. The zero-order valence-corrected chi connectivity index (χ0v) is 7.01. The van der Waals surface area contributed by atoms with Crippen LogP contribution in [-0.4, -0.2) is 7.11 Å². The molecule has 1 aromatic rings. The van der Waals surface area contributed by atoms with E-state index in [0.717, 1.165) is 10.8 Å². The number of ether oxygens (including phenoxy) is 1. The molecule has 0 atom stereocenters. The van der Waals surface area contributed by atoms with Crippen molar-refractivity contribution in [3.63, 3.8) is 0 Å². The van der Waals surface area contributed by atoms with Gasteiger partial charge in [0.2, 0.25) is 0 Å². The number of hydrogen-bond acceptors (Lipinski definition) is 3. The zero-order chi connectivity index (χ0) is 8.69. The number of methoxy groups -OCH3 is 1. The van der Waals surface area contributed by atoms with Gasteiger partial charge in [-0.3, -0.25) is 11.7 Å². The van der Waals surface area contributed by atoms with E-state index in [0.29, 0.717) is 0 Å². The Bertz CT molecular complexity index is 188. The normalized spacial score (nSPS) is 8.00. The van der Waals surface area contributed by atoms with E-state index in [2.05, 4.69) is 11.7 Å². The second-order valence-corrected chi connectivity index (χ2v) is 2.09. The van der Waals surface area contributed by atoms with Gasteiger partial charge in [0.25, 0.3) is 0 Å². The van der Waals surface area contributed by atoms with Crippen LogP contribution in [-0.2, 0) is 0 Å². The fraction of sp³-hybridized carbons (Fsp3) is 0.143. The van der Waals surface area contributed by atoms with Crippen molar-refractivity contribution in [2.75, 3.05) is 7.11 Å². The Morgan fingerprint density at radius 3 is 2.00 bits per heavy atom. The van der Waals surface area contributed by atoms with Gasteiger partial charge in [-0.2, -0.15) is 0 Å².